The van der Waals surface area contributed by atoms with Crippen molar-refractivity contribution in [1.82, 2.24) is 0 Å². The largest absolute Gasteiger partial charge is 0.462 e. The average molecular weight is 501 g/mol. The van der Waals surface area contributed by atoms with Gasteiger partial charge in [0.15, 0.2) is 0 Å². The van der Waals surface area contributed by atoms with Crippen LogP contribution >= 0.6 is 0 Å². The zero-order valence-electron chi connectivity index (χ0n) is 23.6. The number of unbranched alkanes of at least 4 members (excludes halogenated alkanes) is 5. The van der Waals surface area contributed by atoms with E-state index in [2.05, 4.69) is 20.4 Å². The number of allylic oxidation sites excluding steroid dienone is 1. The van der Waals surface area contributed by atoms with Gasteiger partial charge in [-0.3, -0.25) is 9.59 Å². The molecule has 0 N–H and O–H groups in total. The van der Waals surface area contributed by atoms with Crippen molar-refractivity contribution in [1.29, 1.82) is 0 Å². The lowest BCUT2D eigenvalue weighted by molar-refractivity contribution is -0.148. The highest BCUT2D eigenvalue weighted by molar-refractivity contribution is 5.82. The first-order valence-electron chi connectivity index (χ1n) is 15.0. The Balaban J connectivity index is 1.77. The number of fused-ring (bicyclic) bond motifs is 3. The van der Waals surface area contributed by atoms with Crippen LogP contribution in [0.3, 0.4) is 0 Å². The number of Topliss-reactive ketones (excluding diaryl/α,β-unsaturated/α-hetero) is 2. The highest BCUT2D eigenvalue weighted by Crippen LogP contribution is 2.62. The Morgan fingerprint density at radius 2 is 1.69 bits per heavy atom. The second-order valence-corrected chi connectivity index (χ2v) is 12.7. The second-order valence-electron chi connectivity index (χ2n) is 12.7. The molecule has 0 spiro atoms. The van der Waals surface area contributed by atoms with E-state index in [1.807, 2.05) is 0 Å². The zero-order chi connectivity index (χ0) is 26.3. The predicted molar refractivity (Wildman–Crippen MR) is 145 cm³/mol. The monoisotopic (exact) mass is 500 g/mol. The lowest BCUT2D eigenvalue weighted by Gasteiger charge is -2.51. The van der Waals surface area contributed by atoms with Gasteiger partial charge in [-0.2, -0.15) is 0 Å². The maximum absolute atomic E-state index is 12.9. The molecule has 36 heavy (non-hydrogen) atoms. The normalized spacial score (nSPS) is 35.1. The first-order chi connectivity index (χ1) is 17.2. The number of rotatable bonds is 10. The molecule has 0 aliphatic heterocycles. The van der Waals surface area contributed by atoms with Gasteiger partial charge in [-0.05, 0) is 86.9 Å². The minimum atomic E-state index is -0.339. The third kappa shape index (κ3) is 7.32. The van der Waals surface area contributed by atoms with Gasteiger partial charge in [0.1, 0.15) is 17.7 Å². The molecule has 0 amide bonds. The van der Waals surface area contributed by atoms with Crippen LogP contribution in [0.1, 0.15) is 130 Å². The summed E-state index contributed by atoms with van der Waals surface area (Å²) in [4.78, 5) is 36.8. The summed E-state index contributed by atoms with van der Waals surface area (Å²) in [6, 6.07) is 0. The summed E-state index contributed by atoms with van der Waals surface area (Å²) in [5.41, 5.74) is 1.52. The average Bonchev–Trinajstić information content (AvgIpc) is 3.13. The van der Waals surface area contributed by atoms with Crippen LogP contribution in [0.2, 0.25) is 0 Å². The van der Waals surface area contributed by atoms with Crippen molar-refractivity contribution in [3.63, 3.8) is 0 Å². The number of ketones is 2. The first kappa shape index (κ1) is 29.1. The van der Waals surface area contributed by atoms with Crippen molar-refractivity contribution in [3.8, 4) is 0 Å². The van der Waals surface area contributed by atoms with Crippen molar-refractivity contribution in [2.75, 3.05) is 0 Å². The number of carbonyl (C=O) groups is 3. The van der Waals surface area contributed by atoms with Gasteiger partial charge in [0.05, 0.1) is 0 Å². The fourth-order valence-electron chi connectivity index (χ4n) is 8.32. The van der Waals surface area contributed by atoms with E-state index in [0.29, 0.717) is 36.0 Å². The molecule has 3 fully saturated rings. The number of hydrogen-bond donors (Lipinski definition) is 0. The Bertz CT molecular complexity index is 785. The van der Waals surface area contributed by atoms with Gasteiger partial charge in [0.25, 0.3) is 0 Å². The van der Waals surface area contributed by atoms with Gasteiger partial charge in [0.2, 0.25) is 0 Å². The third-order valence-electron chi connectivity index (χ3n) is 10.2. The molecule has 0 aromatic heterocycles. The number of ether oxygens (including phenoxy) is 1. The summed E-state index contributed by atoms with van der Waals surface area (Å²) in [5.74, 6) is 2.16. The second kappa shape index (κ2) is 13.4. The van der Waals surface area contributed by atoms with Crippen molar-refractivity contribution >= 4 is 17.5 Å². The summed E-state index contributed by atoms with van der Waals surface area (Å²) < 4.78 is 5.62. The van der Waals surface area contributed by atoms with Crippen molar-refractivity contribution < 1.29 is 19.1 Å². The fourth-order valence-corrected chi connectivity index (χ4v) is 8.32. The molecule has 4 heteroatoms. The Labute approximate surface area is 220 Å². The first-order valence-corrected chi connectivity index (χ1v) is 15.0. The molecule has 3 aliphatic rings. The molecular weight excluding hydrogens is 448 g/mol. The molecule has 204 valence electrons. The van der Waals surface area contributed by atoms with E-state index < -0.39 is 0 Å². The van der Waals surface area contributed by atoms with Crippen molar-refractivity contribution in [2.45, 2.75) is 137 Å². The summed E-state index contributed by atoms with van der Waals surface area (Å²) in [6.45, 7) is 12.5. The molecular formula is C32H52O4. The summed E-state index contributed by atoms with van der Waals surface area (Å²) in [6.07, 6.45) is 16.8. The van der Waals surface area contributed by atoms with E-state index in [4.69, 9.17) is 4.74 Å². The minimum absolute atomic E-state index is 0.0803. The van der Waals surface area contributed by atoms with Gasteiger partial charge in [-0.1, -0.05) is 64.5 Å². The Kier molecular flexibility index (Phi) is 10.8. The van der Waals surface area contributed by atoms with E-state index >= 15 is 0 Å². The van der Waals surface area contributed by atoms with Crippen LogP contribution in [0.5, 0.6) is 0 Å². The highest BCUT2D eigenvalue weighted by Gasteiger charge is 2.54. The van der Waals surface area contributed by atoms with E-state index in [1.165, 1.54) is 71.1 Å². The van der Waals surface area contributed by atoms with Crippen LogP contribution < -0.4 is 0 Å². The molecule has 0 aromatic rings. The lowest BCUT2D eigenvalue weighted by atomic mass is 9.54. The maximum atomic E-state index is 12.9. The zero-order valence-corrected chi connectivity index (χ0v) is 23.6. The molecule has 7 atom stereocenters. The van der Waals surface area contributed by atoms with Crippen LogP contribution in [0.4, 0.5) is 0 Å². The van der Waals surface area contributed by atoms with E-state index in [-0.39, 0.29) is 36.0 Å². The predicted octanol–water partition coefficient (Wildman–Crippen LogP) is 8.02. The Morgan fingerprint density at radius 1 is 0.972 bits per heavy atom. The van der Waals surface area contributed by atoms with Crippen LogP contribution in [0.15, 0.2) is 12.2 Å². The highest BCUT2D eigenvalue weighted by atomic mass is 16.5. The van der Waals surface area contributed by atoms with Crippen LogP contribution in [-0.2, 0) is 19.1 Å². The van der Waals surface area contributed by atoms with Crippen LogP contribution in [0, 0.1) is 35.0 Å². The quantitative estimate of drug-likeness (QED) is 0.173. The summed E-state index contributed by atoms with van der Waals surface area (Å²) >= 11 is 0. The molecule has 0 bridgehead atoms. The molecule has 3 rings (SSSR count). The van der Waals surface area contributed by atoms with Crippen molar-refractivity contribution in [2.24, 2.45) is 35.0 Å². The Morgan fingerprint density at radius 3 is 2.39 bits per heavy atom. The van der Waals surface area contributed by atoms with Gasteiger partial charge < -0.3 is 9.53 Å². The number of esters is 1. The summed E-state index contributed by atoms with van der Waals surface area (Å²) in [5, 5.41) is 0. The van der Waals surface area contributed by atoms with Gasteiger partial charge in [-0.15, -0.1) is 0 Å². The fraction of sp³-hybridized carbons (Fsp3) is 0.844. The maximum Gasteiger partial charge on any atom is 0.302 e. The smallest absolute Gasteiger partial charge is 0.302 e. The van der Waals surface area contributed by atoms with E-state index in [0.717, 1.165) is 30.8 Å². The molecule has 0 aromatic carbocycles. The molecule has 0 heterocycles. The molecule has 4 nitrogen and oxygen atoms in total. The molecule has 0 saturated heterocycles. The molecule has 1 unspecified atom stereocenters. The van der Waals surface area contributed by atoms with Crippen LogP contribution in [-0.4, -0.2) is 23.6 Å². The topological polar surface area (TPSA) is 60.4 Å². The molecule has 0 radical (unpaired) electrons. The summed E-state index contributed by atoms with van der Waals surface area (Å²) in [7, 11) is 0. The van der Waals surface area contributed by atoms with Crippen molar-refractivity contribution in [3.05, 3.63) is 12.2 Å². The van der Waals surface area contributed by atoms with Gasteiger partial charge in [-0.25, -0.2) is 0 Å². The third-order valence-corrected chi connectivity index (χ3v) is 10.2. The SMILES string of the molecule is C=C1C(CC(C)=O)CC(=O)C[C@H](OC(C)=O)CC[C@@H]2[C@@H]1CC[C@]1(C)[C@@H](CCCCCCCC)CC[C@@H]21. The van der Waals surface area contributed by atoms with Gasteiger partial charge in [0, 0.05) is 26.2 Å². The standard InChI is InChI=1S/C32H52O4/c1-6-7-8-9-10-11-12-26-13-16-31-30-15-14-28(36-24(4)34)21-27(35)20-25(19-22(2)33)23(3)29(30)17-18-32(26,31)5/h25-26,28-31H,3,6-21H2,1-2,4-5H3/t25?,26-,28+,29+,30+,31-,32+/m0/s1. The number of carbonyl (C=O) groups excluding carboxylic acids is 3. The van der Waals surface area contributed by atoms with E-state index in [1.54, 1.807) is 6.92 Å². The number of hydrogen-bond acceptors (Lipinski definition) is 4. The lowest BCUT2D eigenvalue weighted by Crippen LogP contribution is -2.43. The van der Waals surface area contributed by atoms with Crippen LogP contribution in [0.25, 0.3) is 0 Å². The molecule has 3 saturated carbocycles. The molecule has 3 aliphatic carbocycles. The Hall–Kier alpha value is -1.45. The van der Waals surface area contributed by atoms with Gasteiger partial charge >= 0.3 is 5.97 Å². The minimum Gasteiger partial charge on any atom is -0.462 e. The van der Waals surface area contributed by atoms with E-state index in [9.17, 15) is 14.4 Å².